The van der Waals surface area contributed by atoms with Crippen molar-refractivity contribution in [2.45, 2.75) is 6.92 Å². The Hall–Kier alpha value is -1.21. The van der Waals surface area contributed by atoms with E-state index in [2.05, 4.69) is 38.1 Å². The van der Waals surface area contributed by atoms with Crippen LogP contribution in [-0.4, -0.2) is 41.5 Å². The second kappa shape index (κ2) is 6.51. The van der Waals surface area contributed by atoms with E-state index in [1.54, 1.807) is 6.20 Å². The van der Waals surface area contributed by atoms with E-state index in [1.807, 2.05) is 7.05 Å². The van der Waals surface area contributed by atoms with Crippen LogP contribution in [0.4, 0.5) is 11.5 Å². The predicted molar refractivity (Wildman–Crippen MR) is 70.3 cm³/mol. The molecule has 0 radical (unpaired) electrons. The molecule has 0 bridgehead atoms. The van der Waals surface area contributed by atoms with Crippen molar-refractivity contribution in [1.29, 1.82) is 0 Å². The van der Waals surface area contributed by atoms with Crippen LogP contribution in [-0.2, 0) is 0 Å². The third-order valence-corrected chi connectivity index (χ3v) is 2.79. The molecule has 0 aromatic carbocycles. The minimum Gasteiger partial charge on any atom is -0.363 e. The first-order chi connectivity index (χ1) is 8.04. The lowest BCUT2D eigenvalue weighted by Crippen LogP contribution is -2.25. The van der Waals surface area contributed by atoms with Crippen LogP contribution in [0.5, 0.6) is 0 Å². The lowest BCUT2D eigenvalue weighted by atomic mass is 10.4. The minimum absolute atomic E-state index is 0.0153. The van der Waals surface area contributed by atoms with Gasteiger partial charge in [-0.3, -0.25) is 10.1 Å². The summed E-state index contributed by atoms with van der Waals surface area (Å²) in [5, 5.41) is 13.8. The van der Waals surface area contributed by atoms with E-state index >= 15 is 0 Å². The number of aromatic nitrogens is 1. The average Bonchev–Trinajstić information content (AvgIpc) is 2.30. The van der Waals surface area contributed by atoms with E-state index in [1.165, 1.54) is 6.07 Å². The van der Waals surface area contributed by atoms with Crippen molar-refractivity contribution in [3.8, 4) is 0 Å². The smallest absolute Gasteiger partial charge is 0.312 e. The molecule has 0 amide bonds. The Kier molecular flexibility index (Phi) is 5.30. The molecule has 0 aliphatic heterocycles. The second-order valence-corrected chi connectivity index (χ2v) is 4.52. The normalized spacial score (nSPS) is 10.6. The topological polar surface area (TPSA) is 71.3 Å². The SMILES string of the molecule is CCN(C)CCNc1ncc(Br)cc1[N+](=O)[O-]. The maximum Gasteiger partial charge on any atom is 0.312 e. The van der Waals surface area contributed by atoms with Gasteiger partial charge in [-0.2, -0.15) is 0 Å². The van der Waals surface area contributed by atoms with E-state index < -0.39 is 4.92 Å². The lowest BCUT2D eigenvalue weighted by molar-refractivity contribution is -0.384. The Bertz CT molecular complexity index is 400. The van der Waals surface area contributed by atoms with Crippen LogP contribution < -0.4 is 5.32 Å². The summed E-state index contributed by atoms with van der Waals surface area (Å²) in [6.45, 7) is 4.43. The Morgan fingerprint density at radius 3 is 2.94 bits per heavy atom. The summed E-state index contributed by atoms with van der Waals surface area (Å²) in [5.74, 6) is 0.308. The molecule has 6 nitrogen and oxygen atoms in total. The molecule has 1 aromatic rings. The second-order valence-electron chi connectivity index (χ2n) is 3.60. The number of rotatable bonds is 6. The first-order valence-corrected chi connectivity index (χ1v) is 6.06. The van der Waals surface area contributed by atoms with Gasteiger partial charge in [0.05, 0.1) is 4.92 Å². The van der Waals surface area contributed by atoms with Gasteiger partial charge in [0, 0.05) is 29.8 Å². The highest BCUT2D eigenvalue weighted by molar-refractivity contribution is 9.10. The fourth-order valence-electron chi connectivity index (χ4n) is 1.23. The standard InChI is InChI=1S/C10H15BrN4O2/c1-3-14(2)5-4-12-10-9(15(16)17)6-8(11)7-13-10/h6-7H,3-5H2,1-2H3,(H,12,13). The number of nitrogens with one attached hydrogen (secondary N) is 1. The zero-order valence-electron chi connectivity index (χ0n) is 9.81. The van der Waals surface area contributed by atoms with Crippen molar-refractivity contribution < 1.29 is 4.92 Å². The molecule has 1 heterocycles. The van der Waals surface area contributed by atoms with Gasteiger partial charge in [0.25, 0.3) is 0 Å². The third kappa shape index (κ3) is 4.27. The van der Waals surface area contributed by atoms with Gasteiger partial charge in [-0.15, -0.1) is 0 Å². The molecule has 0 aliphatic carbocycles. The molecule has 0 fully saturated rings. The van der Waals surface area contributed by atoms with Crippen LogP contribution in [0, 0.1) is 10.1 Å². The molecule has 0 unspecified atom stereocenters. The summed E-state index contributed by atoms with van der Waals surface area (Å²) in [7, 11) is 1.99. The first-order valence-electron chi connectivity index (χ1n) is 5.27. The number of likely N-dealkylation sites (N-methyl/N-ethyl adjacent to an activating group) is 1. The van der Waals surface area contributed by atoms with Crippen molar-refractivity contribution in [3.05, 3.63) is 26.9 Å². The monoisotopic (exact) mass is 302 g/mol. The fraction of sp³-hybridized carbons (Fsp3) is 0.500. The van der Waals surface area contributed by atoms with E-state index in [0.29, 0.717) is 16.8 Å². The number of halogens is 1. The first kappa shape index (κ1) is 13.9. The van der Waals surface area contributed by atoms with Gasteiger partial charge in [-0.1, -0.05) is 6.92 Å². The van der Waals surface area contributed by atoms with E-state index in [0.717, 1.165) is 13.1 Å². The molecule has 1 aromatic heterocycles. The Morgan fingerprint density at radius 2 is 2.35 bits per heavy atom. The molecule has 0 spiro atoms. The number of hydrogen-bond acceptors (Lipinski definition) is 5. The molecule has 1 rings (SSSR count). The van der Waals surface area contributed by atoms with Gasteiger partial charge in [-0.05, 0) is 29.5 Å². The molecule has 0 aliphatic rings. The zero-order chi connectivity index (χ0) is 12.8. The number of pyridine rings is 1. The lowest BCUT2D eigenvalue weighted by Gasteiger charge is -2.14. The molecule has 0 saturated heterocycles. The highest BCUT2D eigenvalue weighted by atomic mass is 79.9. The highest BCUT2D eigenvalue weighted by Gasteiger charge is 2.15. The predicted octanol–water partition coefficient (Wildman–Crippen LogP) is 2.12. The molecule has 94 valence electrons. The molecule has 1 N–H and O–H groups in total. The van der Waals surface area contributed by atoms with E-state index in [-0.39, 0.29) is 5.69 Å². The Labute approximate surface area is 108 Å². The molecule has 7 heteroatoms. The summed E-state index contributed by atoms with van der Waals surface area (Å²) in [5.41, 5.74) is -0.0153. The van der Waals surface area contributed by atoms with Crippen LogP contribution >= 0.6 is 15.9 Å². The fourth-order valence-corrected chi connectivity index (χ4v) is 1.55. The third-order valence-electron chi connectivity index (χ3n) is 2.36. The van der Waals surface area contributed by atoms with Gasteiger partial charge >= 0.3 is 5.69 Å². The molecule has 0 atom stereocenters. The van der Waals surface area contributed by atoms with Crippen molar-refractivity contribution in [1.82, 2.24) is 9.88 Å². The quantitative estimate of drug-likeness (QED) is 0.644. The summed E-state index contributed by atoms with van der Waals surface area (Å²) in [4.78, 5) is 16.5. The van der Waals surface area contributed by atoms with Gasteiger partial charge in [-0.25, -0.2) is 4.98 Å². The van der Waals surface area contributed by atoms with E-state index in [9.17, 15) is 10.1 Å². The van der Waals surface area contributed by atoms with Crippen LogP contribution in [0.2, 0.25) is 0 Å². The Balaban J connectivity index is 2.67. The number of nitro groups is 1. The van der Waals surface area contributed by atoms with Crippen molar-refractivity contribution in [3.63, 3.8) is 0 Å². The highest BCUT2D eigenvalue weighted by Crippen LogP contribution is 2.24. The number of anilines is 1. The molecular weight excluding hydrogens is 288 g/mol. The van der Waals surface area contributed by atoms with Crippen LogP contribution in [0.3, 0.4) is 0 Å². The average molecular weight is 303 g/mol. The molecule has 0 saturated carbocycles. The van der Waals surface area contributed by atoms with Gasteiger partial charge in [0.1, 0.15) is 0 Å². The zero-order valence-corrected chi connectivity index (χ0v) is 11.4. The number of hydrogen-bond donors (Lipinski definition) is 1. The van der Waals surface area contributed by atoms with Gasteiger partial charge in [0.2, 0.25) is 5.82 Å². The minimum atomic E-state index is -0.441. The summed E-state index contributed by atoms with van der Waals surface area (Å²) in [6, 6.07) is 1.44. The molecule has 17 heavy (non-hydrogen) atoms. The van der Waals surface area contributed by atoms with Crippen LogP contribution in [0.15, 0.2) is 16.7 Å². The largest absolute Gasteiger partial charge is 0.363 e. The van der Waals surface area contributed by atoms with E-state index in [4.69, 9.17) is 0 Å². The summed E-state index contributed by atoms with van der Waals surface area (Å²) in [6.07, 6.45) is 1.54. The maximum atomic E-state index is 10.8. The van der Waals surface area contributed by atoms with Crippen molar-refractivity contribution >= 4 is 27.4 Å². The Morgan fingerprint density at radius 1 is 1.65 bits per heavy atom. The van der Waals surface area contributed by atoms with Crippen LogP contribution in [0.25, 0.3) is 0 Å². The van der Waals surface area contributed by atoms with Gasteiger partial charge < -0.3 is 10.2 Å². The van der Waals surface area contributed by atoms with Crippen LogP contribution in [0.1, 0.15) is 6.92 Å². The van der Waals surface area contributed by atoms with Crippen molar-refractivity contribution in [2.75, 3.05) is 32.0 Å². The summed E-state index contributed by atoms with van der Waals surface area (Å²) >= 11 is 3.16. The maximum absolute atomic E-state index is 10.8. The van der Waals surface area contributed by atoms with Crippen molar-refractivity contribution in [2.24, 2.45) is 0 Å². The van der Waals surface area contributed by atoms with Gasteiger partial charge in [0.15, 0.2) is 0 Å². The molecular formula is C10H15BrN4O2. The summed E-state index contributed by atoms with van der Waals surface area (Å²) < 4.78 is 0.598. The number of nitrogens with zero attached hydrogens (tertiary/aromatic N) is 3.